The van der Waals surface area contributed by atoms with Crippen molar-refractivity contribution >= 4 is 11.6 Å². The summed E-state index contributed by atoms with van der Waals surface area (Å²) in [7, 11) is 3.53. The lowest BCUT2D eigenvalue weighted by atomic mass is 10.1. The molecule has 2 unspecified atom stereocenters. The standard InChI is InChI=1S/C14H23N5O/c1-15-12-8-13(18-14(17-12)9-20-2)16-10-5-7-19-6-3-4-11(10)19/h8,10-11H,3-7,9H2,1-2H3,(H2,15,16,17,18). The van der Waals surface area contributed by atoms with Crippen molar-refractivity contribution in [2.45, 2.75) is 38.0 Å². The summed E-state index contributed by atoms with van der Waals surface area (Å²) in [5.74, 6) is 2.44. The molecule has 20 heavy (non-hydrogen) atoms. The topological polar surface area (TPSA) is 62.3 Å². The first kappa shape index (κ1) is 13.6. The highest BCUT2D eigenvalue weighted by atomic mass is 16.5. The molecule has 2 N–H and O–H groups in total. The predicted octanol–water partition coefficient (Wildman–Crippen LogP) is 1.31. The van der Waals surface area contributed by atoms with Gasteiger partial charge >= 0.3 is 0 Å². The number of methoxy groups -OCH3 is 1. The van der Waals surface area contributed by atoms with Crippen LogP contribution in [0, 0.1) is 0 Å². The van der Waals surface area contributed by atoms with Crippen LogP contribution in [0.2, 0.25) is 0 Å². The van der Waals surface area contributed by atoms with Gasteiger partial charge in [0, 0.05) is 38.9 Å². The van der Waals surface area contributed by atoms with E-state index in [0.29, 0.717) is 24.5 Å². The third kappa shape index (κ3) is 2.71. The van der Waals surface area contributed by atoms with E-state index in [9.17, 15) is 0 Å². The highest BCUT2D eigenvalue weighted by Gasteiger charge is 2.37. The average molecular weight is 277 g/mol. The first-order valence-corrected chi connectivity index (χ1v) is 7.35. The van der Waals surface area contributed by atoms with Gasteiger partial charge in [-0.1, -0.05) is 0 Å². The molecule has 6 heteroatoms. The molecule has 1 aromatic rings. The quantitative estimate of drug-likeness (QED) is 0.846. The first-order chi connectivity index (χ1) is 9.80. The lowest BCUT2D eigenvalue weighted by molar-refractivity contribution is 0.178. The fraction of sp³-hybridized carbons (Fsp3) is 0.714. The molecule has 2 atom stereocenters. The van der Waals surface area contributed by atoms with Crippen molar-refractivity contribution in [2.24, 2.45) is 0 Å². The van der Waals surface area contributed by atoms with E-state index in [-0.39, 0.29) is 0 Å². The molecule has 0 bridgehead atoms. The average Bonchev–Trinajstić information content (AvgIpc) is 3.04. The fourth-order valence-corrected chi connectivity index (χ4v) is 3.33. The Balaban J connectivity index is 1.74. The van der Waals surface area contributed by atoms with E-state index in [1.807, 2.05) is 13.1 Å². The van der Waals surface area contributed by atoms with Crippen LogP contribution in [0.1, 0.15) is 25.1 Å². The number of aromatic nitrogens is 2. The maximum absolute atomic E-state index is 5.13. The van der Waals surface area contributed by atoms with Crippen molar-refractivity contribution in [1.29, 1.82) is 0 Å². The van der Waals surface area contributed by atoms with Crippen LogP contribution in [0.4, 0.5) is 11.6 Å². The maximum atomic E-state index is 5.13. The Morgan fingerprint density at radius 3 is 2.95 bits per heavy atom. The third-order valence-electron chi connectivity index (χ3n) is 4.24. The van der Waals surface area contributed by atoms with Gasteiger partial charge in [0.25, 0.3) is 0 Å². The molecule has 3 rings (SSSR count). The second kappa shape index (κ2) is 5.93. The summed E-state index contributed by atoms with van der Waals surface area (Å²) in [6, 6.07) is 3.15. The summed E-state index contributed by atoms with van der Waals surface area (Å²) < 4.78 is 5.13. The zero-order valence-electron chi connectivity index (χ0n) is 12.2. The molecule has 2 fully saturated rings. The second-order valence-corrected chi connectivity index (χ2v) is 5.52. The van der Waals surface area contributed by atoms with Gasteiger partial charge in [0.1, 0.15) is 18.2 Å². The Morgan fingerprint density at radius 2 is 2.15 bits per heavy atom. The number of ether oxygens (including phenoxy) is 1. The Kier molecular flexibility index (Phi) is 4.03. The summed E-state index contributed by atoms with van der Waals surface area (Å²) in [6.07, 6.45) is 3.82. The molecule has 1 aromatic heterocycles. The zero-order valence-corrected chi connectivity index (χ0v) is 12.2. The van der Waals surface area contributed by atoms with Gasteiger partial charge in [0.2, 0.25) is 0 Å². The van der Waals surface area contributed by atoms with Crippen molar-refractivity contribution in [3.63, 3.8) is 0 Å². The molecule has 0 amide bonds. The van der Waals surface area contributed by atoms with Gasteiger partial charge in [-0.25, -0.2) is 9.97 Å². The molecule has 0 aliphatic carbocycles. The number of hydrogen-bond donors (Lipinski definition) is 2. The van der Waals surface area contributed by atoms with Crippen LogP contribution < -0.4 is 10.6 Å². The van der Waals surface area contributed by atoms with Gasteiger partial charge in [-0.15, -0.1) is 0 Å². The van der Waals surface area contributed by atoms with E-state index in [4.69, 9.17) is 4.74 Å². The molecule has 2 aliphatic rings. The molecular weight excluding hydrogens is 254 g/mol. The van der Waals surface area contributed by atoms with Crippen molar-refractivity contribution in [3.8, 4) is 0 Å². The van der Waals surface area contributed by atoms with E-state index in [1.165, 1.54) is 32.4 Å². The lowest BCUT2D eigenvalue weighted by Gasteiger charge is -2.22. The van der Waals surface area contributed by atoms with Gasteiger partial charge in [0.05, 0.1) is 0 Å². The van der Waals surface area contributed by atoms with Crippen LogP contribution in [-0.4, -0.2) is 54.2 Å². The van der Waals surface area contributed by atoms with Gasteiger partial charge in [-0.05, 0) is 25.8 Å². The molecule has 0 spiro atoms. The van der Waals surface area contributed by atoms with Crippen LogP contribution >= 0.6 is 0 Å². The Bertz CT molecular complexity index is 467. The maximum Gasteiger partial charge on any atom is 0.158 e. The van der Waals surface area contributed by atoms with Crippen molar-refractivity contribution < 1.29 is 4.74 Å². The van der Waals surface area contributed by atoms with Gasteiger partial charge < -0.3 is 15.4 Å². The van der Waals surface area contributed by atoms with Crippen molar-refractivity contribution in [1.82, 2.24) is 14.9 Å². The molecule has 6 nitrogen and oxygen atoms in total. The first-order valence-electron chi connectivity index (χ1n) is 7.35. The van der Waals surface area contributed by atoms with E-state index >= 15 is 0 Å². The molecule has 2 aliphatic heterocycles. The van der Waals surface area contributed by atoms with Crippen molar-refractivity contribution in [2.75, 3.05) is 37.9 Å². The zero-order chi connectivity index (χ0) is 13.9. The number of fused-ring (bicyclic) bond motifs is 1. The van der Waals surface area contributed by atoms with E-state index in [1.54, 1.807) is 7.11 Å². The highest BCUT2D eigenvalue weighted by Crippen LogP contribution is 2.30. The lowest BCUT2D eigenvalue weighted by Crippen LogP contribution is -2.34. The van der Waals surface area contributed by atoms with Crippen LogP contribution in [0.5, 0.6) is 0 Å². The Hall–Kier alpha value is -1.40. The van der Waals surface area contributed by atoms with Gasteiger partial charge in [-0.2, -0.15) is 0 Å². The largest absolute Gasteiger partial charge is 0.377 e. The monoisotopic (exact) mass is 277 g/mol. The number of hydrogen-bond acceptors (Lipinski definition) is 6. The van der Waals surface area contributed by atoms with Crippen LogP contribution in [0.25, 0.3) is 0 Å². The van der Waals surface area contributed by atoms with E-state index in [0.717, 1.165) is 11.6 Å². The van der Waals surface area contributed by atoms with Crippen molar-refractivity contribution in [3.05, 3.63) is 11.9 Å². The summed E-state index contributed by atoms with van der Waals surface area (Å²) in [5.41, 5.74) is 0. The number of nitrogens with zero attached hydrogens (tertiary/aromatic N) is 3. The molecule has 3 heterocycles. The highest BCUT2D eigenvalue weighted by molar-refractivity contribution is 5.48. The summed E-state index contributed by atoms with van der Waals surface area (Å²) in [4.78, 5) is 11.5. The Labute approximate surface area is 119 Å². The van der Waals surface area contributed by atoms with E-state index < -0.39 is 0 Å². The molecule has 2 saturated heterocycles. The number of rotatable bonds is 5. The summed E-state index contributed by atoms with van der Waals surface area (Å²) in [6.45, 7) is 2.89. The van der Waals surface area contributed by atoms with Crippen LogP contribution in [0.15, 0.2) is 6.07 Å². The summed E-state index contributed by atoms with van der Waals surface area (Å²) in [5, 5.41) is 6.68. The normalized spacial score (nSPS) is 25.7. The SMILES string of the molecule is CNc1cc(NC2CCN3CCCC23)nc(COC)n1. The third-order valence-corrected chi connectivity index (χ3v) is 4.24. The minimum absolute atomic E-state index is 0.435. The van der Waals surface area contributed by atoms with Crippen LogP contribution in [0.3, 0.4) is 0 Å². The number of nitrogens with one attached hydrogen (secondary N) is 2. The fourth-order valence-electron chi connectivity index (χ4n) is 3.33. The second-order valence-electron chi connectivity index (χ2n) is 5.52. The van der Waals surface area contributed by atoms with E-state index in [2.05, 4.69) is 25.5 Å². The molecule has 0 aromatic carbocycles. The molecule has 110 valence electrons. The molecule has 0 radical (unpaired) electrons. The van der Waals surface area contributed by atoms with Gasteiger partial charge in [-0.3, -0.25) is 4.90 Å². The Morgan fingerprint density at radius 1 is 1.30 bits per heavy atom. The van der Waals surface area contributed by atoms with Gasteiger partial charge in [0.15, 0.2) is 5.82 Å². The predicted molar refractivity (Wildman–Crippen MR) is 78.9 cm³/mol. The summed E-state index contributed by atoms with van der Waals surface area (Å²) >= 11 is 0. The minimum atomic E-state index is 0.435. The molecular formula is C14H23N5O. The smallest absolute Gasteiger partial charge is 0.158 e. The minimum Gasteiger partial charge on any atom is -0.377 e. The van der Waals surface area contributed by atoms with Crippen LogP contribution in [-0.2, 0) is 11.3 Å². The number of anilines is 2. The molecule has 0 saturated carbocycles.